The van der Waals surface area contributed by atoms with Gasteiger partial charge in [0.2, 0.25) is 5.91 Å². The first-order chi connectivity index (χ1) is 5.52. The van der Waals surface area contributed by atoms with Gasteiger partial charge in [-0.05, 0) is 6.92 Å². The summed E-state index contributed by atoms with van der Waals surface area (Å²) in [6, 6.07) is 0.308. The van der Waals surface area contributed by atoms with Crippen LogP contribution in [0.15, 0.2) is 0 Å². The summed E-state index contributed by atoms with van der Waals surface area (Å²) < 4.78 is 0. The third kappa shape index (κ3) is 7.50. The molecule has 0 spiro atoms. The summed E-state index contributed by atoms with van der Waals surface area (Å²) in [6.45, 7) is 6.21. The molecule has 0 saturated heterocycles. The van der Waals surface area contributed by atoms with E-state index >= 15 is 0 Å². The number of amides is 1. The van der Waals surface area contributed by atoms with Gasteiger partial charge in [-0.3, -0.25) is 4.79 Å². The Morgan fingerprint density at radius 3 is 2.42 bits per heavy atom. The van der Waals surface area contributed by atoms with Crippen LogP contribution in [0.3, 0.4) is 0 Å². The molecule has 0 saturated carbocycles. The Kier molecular flexibility index (Phi) is 5.66. The van der Waals surface area contributed by atoms with E-state index in [-0.39, 0.29) is 5.91 Å². The zero-order chi connectivity index (χ0) is 9.56. The maximum Gasteiger partial charge on any atom is 0.234 e. The highest BCUT2D eigenvalue weighted by Gasteiger charge is 2.02. The lowest BCUT2D eigenvalue weighted by molar-refractivity contribution is -0.120. The summed E-state index contributed by atoms with van der Waals surface area (Å²) >= 11 is 0. The molecule has 1 amide bonds. The van der Waals surface area contributed by atoms with Crippen molar-refractivity contribution in [1.29, 1.82) is 0 Å². The Labute approximate surface area is 73.3 Å². The predicted molar refractivity (Wildman–Crippen MR) is 47.8 cm³/mol. The largest absolute Gasteiger partial charge is 0.392 e. The van der Waals surface area contributed by atoms with Gasteiger partial charge in [-0.1, -0.05) is 13.8 Å². The van der Waals surface area contributed by atoms with Gasteiger partial charge in [0.1, 0.15) is 0 Å². The first-order valence-corrected chi connectivity index (χ1v) is 4.20. The molecule has 0 aliphatic rings. The molecule has 4 nitrogen and oxygen atoms in total. The Morgan fingerprint density at radius 1 is 1.42 bits per heavy atom. The van der Waals surface area contributed by atoms with Gasteiger partial charge in [-0.25, -0.2) is 0 Å². The molecule has 0 radical (unpaired) electrons. The van der Waals surface area contributed by atoms with E-state index in [2.05, 4.69) is 10.6 Å². The minimum atomic E-state index is -0.479. The number of aliphatic hydroxyl groups excluding tert-OH is 1. The summed E-state index contributed by atoms with van der Waals surface area (Å²) in [5, 5.41) is 14.4. The van der Waals surface area contributed by atoms with Crippen molar-refractivity contribution in [2.45, 2.75) is 32.9 Å². The van der Waals surface area contributed by atoms with E-state index in [1.807, 2.05) is 13.8 Å². The second-order valence-electron chi connectivity index (χ2n) is 3.19. The fourth-order valence-corrected chi connectivity index (χ4v) is 0.621. The molecule has 0 aliphatic carbocycles. The zero-order valence-electron chi connectivity index (χ0n) is 7.92. The first-order valence-electron chi connectivity index (χ1n) is 4.20. The minimum Gasteiger partial charge on any atom is -0.392 e. The van der Waals surface area contributed by atoms with Gasteiger partial charge < -0.3 is 15.7 Å². The van der Waals surface area contributed by atoms with E-state index in [4.69, 9.17) is 5.11 Å². The number of hydrogen-bond acceptors (Lipinski definition) is 3. The topological polar surface area (TPSA) is 61.4 Å². The predicted octanol–water partition coefficient (Wildman–Crippen LogP) is -0.519. The summed E-state index contributed by atoms with van der Waals surface area (Å²) in [5.74, 6) is -0.0791. The maximum absolute atomic E-state index is 11.0. The Morgan fingerprint density at radius 2 is 2.00 bits per heavy atom. The Balaban J connectivity index is 3.34. The van der Waals surface area contributed by atoms with Crippen LogP contribution < -0.4 is 10.6 Å². The highest BCUT2D eigenvalue weighted by atomic mass is 16.3. The molecule has 0 heterocycles. The second kappa shape index (κ2) is 5.97. The Bertz CT molecular complexity index is 121. The lowest BCUT2D eigenvalue weighted by Crippen LogP contribution is -2.39. The van der Waals surface area contributed by atoms with Crippen LogP contribution in [0.1, 0.15) is 20.8 Å². The van der Waals surface area contributed by atoms with Gasteiger partial charge >= 0.3 is 0 Å². The van der Waals surface area contributed by atoms with Gasteiger partial charge in [0.05, 0.1) is 12.6 Å². The van der Waals surface area contributed by atoms with Crippen LogP contribution in [-0.2, 0) is 4.79 Å². The van der Waals surface area contributed by atoms with Crippen molar-refractivity contribution in [3.8, 4) is 0 Å². The van der Waals surface area contributed by atoms with Crippen molar-refractivity contribution in [2.24, 2.45) is 0 Å². The van der Waals surface area contributed by atoms with Crippen molar-refractivity contribution < 1.29 is 9.90 Å². The molecule has 0 aromatic heterocycles. The molecule has 3 N–H and O–H groups in total. The van der Waals surface area contributed by atoms with Gasteiger partial charge in [-0.15, -0.1) is 0 Å². The number of carbonyl (C=O) groups is 1. The molecule has 0 aromatic carbocycles. The van der Waals surface area contributed by atoms with Crippen LogP contribution in [0.4, 0.5) is 0 Å². The van der Waals surface area contributed by atoms with Crippen LogP contribution in [0, 0.1) is 0 Å². The monoisotopic (exact) mass is 174 g/mol. The highest BCUT2D eigenvalue weighted by Crippen LogP contribution is 1.77. The SMILES string of the molecule is CC(O)CNC(=O)CNC(C)C. The molecule has 1 atom stereocenters. The van der Waals surface area contributed by atoms with Gasteiger partial charge in [0.15, 0.2) is 0 Å². The van der Waals surface area contributed by atoms with Crippen LogP contribution in [0.5, 0.6) is 0 Å². The van der Waals surface area contributed by atoms with Gasteiger partial charge in [0, 0.05) is 12.6 Å². The average Bonchev–Trinajstić information content (AvgIpc) is 1.96. The fraction of sp³-hybridized carbons (Fsp3) is 0.875. The summed E-state index contributed by atoms with van der Waals surface area (Å²) in [5.41, 5.74) is 0. The number of nitrogens with one attached hydrogen (secondary N) is 2. The molecule has 12 heavy (non-hydrogen) atoms. The molecule has 0 aromatic rings. The maximum atomic E-state index is 11.0. The molecule has 0 aliphatic heterocycles. The van der Waals surface area contributed by atoms with E-state index < -0.39 is 6.10 Å². The molecule has 0 bridgehead atoms. The third-order valence-corrected chi connectivity index (χ3v) is 1.27. The molecule has 72 valence electrons. The number of hydrogen-bond donors (Lipinski definition) is 3. The second-order valence-corrected chi connectivity index (χ2v) is 3.19. The lowest BCUT2D eigenvalue weighted by Gasteiger charge is -2.09. The van der Waals surface area contributed by atoms with Crippen molar-refractivity contribution >= 4 is 5.91 Å². The number of carbonyl (C=O) groups excluding carboxylic acids is 1. The van der Waals surface area contributed by atoms with E-state index in [1.165, 1.54) is 0 Å². The standard InChI is InChI=1S/C8H18N2O2/c1-6(2)9-5-8(12)10-4-7(3)11/h6-7,9,11H,4-5H2,1-3H3,(H,10,12). The fourth-order valence-electron chi connectivity index (χ4n) is 0.621. The normalized spacial score (nSPS) is 13.1. The quantitative estimate of drug-likeness (QED) is 0.525. The minimum absolute atomic E-state index is 0.0791. The van der Waals surface area contributed by atoms with Crippen LogP contribution in [-0.4, -0.2) is 36.2 Å². The third-order valence-electron chi connectivity index (χ3n) is 1.27. The molecule has 1 unspecified atom stereocenters. The lowest BCUT2D eigenvalue weighted by atomic mass is 10.3. The Hall–Kier alpha value is -0.610. The van der Waals surface area contributed by atoms with Crippen LogP contribution >= 0.6 is 0 Å². The molecular formula is C8H18N2O2. The molecule has 0 rings (SSSR count). The number of aliphatic hydroxyl groups is 1. The molecule has 0 fully saturated rings. The van der Waals surface area contributed by atoms with Crippen LogP contribution in [0.2, 0.25) is 0 Å². The summed E-state index contributed by atoms with van der Waals surface area (Å²) in [6.07, 6.45) is -0.479. The summed E-state index contributed by atoms with van der Waals surface area (Å²) in [7, 11) is 0. The molecular weight excluding hydrogens is 156 g/mol. The number of rotatable bonds is 5. The highest BCUT2D eigenvalue weighted by molar-refractivity contribution is 5.77. The molecule has 4 heteroatoms. The zero-order valence-corrected chi connectivity index (χ0v) is 7.92. The first kappa shape index (κ1) is 11.4. The van der Waals surface area contributed by atoms with Crippen molar-refractivity contribution in [2.75, 3.05) is 13.1 Å². The smallest absolute Gasteiger partial charge is 0.234 e. The van der Waals surface area contributed by atoms with Gasteiger partial charge in [-0.2, -0.15) is 0 Å². The van der Waals surface area contributed by atoms with Crippen LogP contribution in [0.25, 0.3) is 0 Å². The van der Waals surface area contributed by atoms with Gasteiger partial charge in [0.25, 0.3) is 0 Å². The van der Waals surface area contributed by atoms with Crippen molar-refractivity contribution in [3.05, 3.63) is 0 Å². The average molecular weight is 174 g/mol. The van der Waals surface area contributed by atoms with E-state index in [0.29, 0.717) is 19.1 Å². The van der Waals surface area contributed by atoms with Crippen molar-refractivity contribution in [1.82, 2.24) is 10.6 Å². The van der Waals surface area contributed by atoms with E-state index in [0.717, 1.165) is 0 Å². The van der Waals surface area contributed by atoms with E-state index in [1.54, 1.807) is 6.92 Å². The van der Waals surface area contributed by atoms with E-state index in [9.17, 15) is 4.79 Å². The summed E-state index contributed by atoms with van der Waals surface area (Å²) in [4.78, 5) is 11.0. The van der Waals surface area contributed by atoms with Crippen molar-refractivity contribution in [3.63, 3.8) is 0 Å².